The zero-order valence-corrected chi connectivity index (χ0v) is 9.03. The van der Waals surface area contributed by atoms with Gasteiger partial charge in [-0.3, -0.25) is 4.79 Å². The van der Waals surface area contributed by atoms with Gasteiger partial charge in [0.25, 0.3) is 0 Å². The van der Waals surface area contributed by atoms with Crippen molar-refractivity contribution in [2.45, 2.75) is 25.9 Å². The van der Waals surface area contributed by atoms with E-state index in [-0.39, 0.29) is 18.5 Å². The minimum atomic E-state index is -0.149. The Kier molecular flexibility index (Phi) is 4.52. The van der Waals surface area contributed by atoms with Gasteiger partial charge in [-0.1, -0.05) is 0 Å². The number of aliphatic hydroxyl groups excluding tert-OH is 1. The molecule has 15 heavy (non-hydrogen) atoms. The molecular formula is C11H16O4. The highest BCUT2D eigenvalue weighted by molar-refractivity contribution is 5.93. The molecule has 84 valence electrons. The summed E-state index contributed by atoms with van der Waals surface area (Å²) >= 11 is 0. The van der Waals surface area contributed by atoms with E-state index in [0.29, 0.717) is 24.4 Å². The molecule has 1 aromatic heterocycles. The minimum absolute atomic E-state index is 0.0216. The minimum Gasteiger partial charge on any atom is -0.455 e. The first-order valence-corrected chi connectivity index (χ1v) is 4.95. The van der Waals surface area contributed by atoms with Gasteiger partial charge < -0.3 is 14.3 Å². The number of hydrogen-bond donors (Lipinski definition) is 1. The first-order chi connectivity index (χ1) is 7.19. The zero-order valence-electron chi connectivity index (χ0n) is 9.03. The van der Waals surface area contributed by atoms with Crippen molar-refractivity contribution in [1.29, 1.82) is 0 Å². The SMILES string of the molecule is CO[C@@H](C)c1ccc(C(=O)CCCO)o1. The molecule has 0 aromatic carbocycles. The molecule has 0 amide bonds. The van der Waals surface area contributed by atoms with E-state index in [1.807, 2.05) is 6.92 Å². The Hall–Kier alpha value is -1.13. The summed E-state index contributed by atoms with van der Waals surface area (Å²) in [4.78, 5) is 11.5. The summed E-state index contributed by atoms with van der Waals surface area (Å²) in [6.45, 7) is 1.87. The molecule has 1 atom stereocenters. The molecule has 0 bridgehead atoms. The van der Waals surface area contributed by atoms with E-state index in [1.54, 1.807) is 19.2 Å². The van der Waals surface area contributed by atoms with Gasteiger partial charge in [-0.05, 0) is 25.5 Å². The number of carbonyl (C=O) groups is 1. The van der Waals surface area contributed by atoms with Gasteiger partial charge in [0.1, 0.15) is 11.9 Å². The van der Waals surface area contributed by atoms with Crippen LogP contribution >= 0.6 is 0 Å². The standard InChI is InChI=1S/C11H16O4/c1-8(14-2)10-5-6-11(15-10)9(13)4-3-7-12/h5-6,8,12H,3-4,7H2,1-2H3/t8-/m0/s1. The van der Waals surface area contributed by atoms with Gasteiger partial charge in [0.2, 0.25) is 0 Å². The van der Waals surface area contributed by atoms with Gasteiger partial charge in [0, 0.05) is 20.1 Å². The number of ether oxygens (including phenoxy) is 1. The molecule has 1 rings (SSSR count). The van der Waals surface area contributed by atoms with Crippen LogP contribution in [-0.2, 0) is 4.74 Å². The van der Waals surface area contributed by atoms with Crippen LogP contribution in [0, 0.1) is 0 Å². The molecule has 1 heterocycles. The Morgan fingerprint density at radius 3 is 2.93 bits per heavy atom. The average Bonchev–Trinajstić information content (AvgIpc) is 2.74. The number of aliphatic hydroxyl groups is 1. The fourth-order valence-electron chi connectivity index (χ4n) is 1.20. The lowest BCUT2D eigenvalue weighted by Gasteiger charge is -2.04. The summed E-state index contributed by atoms with van der Waals surface area (Å²) in [5.41, 5.74) is 0. The van der Waals surface area contributed by atoms with Gasteiger partial charge >= 0.3 is 0 Å². The van der Waals surface area contributed by atoms with Crippen LogP contribution in [0.25, 0.3) is 0 Å². The molecule has 0 spiro atoms. The van der Waals surface area contributed by atoms with Crippen molar-refractivity contribution in [3.8, 4) is 0 Å². The molecule has 0 saturated heterocycles. The molecule has 0 aliphatic heterocycles. The highest BCUT2D eigenvalue weighted by atomic mass is 16.5. The summed E-state index contributed by atoms with van der Waals surface area (Å²) in [6, 6.07) is 3.38. The van der Waals surface area contributed by atoms with Crippen molar-refractivity contribution in [1.82, 2.24) is 0 Å². The van der Waals surface area contributed by atoms with E-state index in [9.17, 15) is 4.79 Å². The molecule has 1 N–H and O–H groups in total. The number of methoxy groups -OCH3 is 1. The van der Waals surface area contributed by atoms with Crippen molar-refractivity contribution >= 4 is 5.78 Å². The van der Waals surface area contributed by atoms with E-state index >= 15 is 0 Å². The van der Waals surface area contributed by atoms with E-state index in [2.05, 4.69) is 0 Å². The molecule has 0 saturated carbocycles. The van der Waals surface area contributed by atoms with Crippen molar-refractivity contribution < 1.29 is 19.1 Å². The highest BCUT2D eigenvalue weighted by Gasteiger charge is 2.13. The number of furan rings is 1. The molecule has 0 radical (unpaired) electrons. The summed E-state index contributed by atoms with van der Waals surface area (Å²) < 4.78 is 10.4. The summed E-state index contributed by atoms with van der Waals surface area (Å²) in [7, 11) is 1.58. The molecule has 4 heteroatoms. The van der Waals surface area contributed by atoms with Crippen molar-refractivity contribution in [3.63, 3.8) is 0 Å². The fourth-order valence-corrected chi connectivity index (χ4v) is 1.20. The number of hydrogen-bond acceptors (Lipinski definition) is 4. The Morgan fingerprint density at radius 2 is 2.33 bits per heavy atom. The summed E-state index contributed by atoms with van der Waals surface area (Å²) in [5.74, 6) is 0.894. The van der Waals surface area contributed by atoms with Crippen molar-refractivity contribution in [3.05, 3.63) is 23.7 Å². The number of rotatable bonds is 6. The third kappa shape index (κ3) is 3.18. The van der Waals surface area contributed by atoms with Gasteiger partial charge in [-0.15, -0.1) is 0 Å². The largest absolute Gasteiger partial charge is 0.455 e. The van der Waals surface area contributed by atoms with Crippen molar-refractivity contribution in [2.24, 2.45) is 0 Å². The smallest absolute Gasteiger partial charge is 0.198 e. The van der Waals surface area contributed by atoms with Crippen LogP contribution in [0.5, 0.6) is 0 Å². The lowest BCUT2D eigenvalue weighted by molar-refractivity contribution is 0.0884. The van der Waals surface area contributed by atoms with E-state index in [0.717, 1.165) is 0 Å². The lowest BCUT2D eigenvalue weighted by atomic mass is 10.2. The highest BCUT2D eigenvalue weighted by Crippen LogP contribution is 2.19. The number of carbonyl (C=O) groups excluding carboxylic acids is 1. The second-order valence-corrected chi connectivity index (χ2v) is 3.33. The second kappa shape index (κ2) is 5.68. The first-order valence-electron chi connectivity index (χ1n) is 4.95. The van der Waals surface area contributed by atoms with Crippen LogP contribution in [0.2, 0.25) is 0 Å². The predicted molar refractivity (Wildman–Crippen MR) is 54.8 cm³/mol. The normalized spacial score (nSPS) is 12.7. The Bertz CT molecular complexity index is 316. The van der Waals surface area contributed by atoms with Crippen LogP contribution in [0.4, 0.5) is 0 Å². The molecular weight excluding hydrogens is 196 g/mol. The molecule has 4 nitrogen and oxygen atoms in total. The first kappa shape index (κ1) is 11.9. The molecule has 0 fully saturated rings. The molecule has 1 aromatic rings. The van der Waals surface area contributed by atoms with Gasteiger partial charge in [0.15, 0.2) is 11.5 Å². The molecule has 0 unspecified atom stereocenters. The number of ketones is 1. The predicted octanol–water partition coefficient (Wildman–Crippen LogP) is 1.94. The maximum atomic E-state index is 11.5. The maximum absolute atomic E-state index is 11.5. The van der Waals surface area contributed by atoms with Gasteiger partial charge in [-0.2, -0.15) is 0 Å². The Balaban J connectivity index is 2.63. The topological polar surface area (TPSA) is 59.7 Å². The fraction of sp³-hybridized carbons (Fsp3) is 0.545. The summed E-state index contributed by atoms with van der Waals surface area (Å²) in [6.07, 6.45) is 0.629. The van der Waals surface area contributed by atoms with Crippen LogP contribution in [-0.4, -0.2) is 24.6 Å². The Morgan fingerprint density at radius 1 is 1.60 bits per heavy atom. The third-order valence-electron chi connectivity index (χ3n) is 2.22. The Labute approximate surface area is 88.8 Å². The average molecular weight is 212 g/mol. The van der Waals surface area contributed by atoms with Crippen LogP contribution in [0.3, 0.4) is 0 Å². The van der Waals surface area contributed by atoms with Crippen LogP contribution in [0.1, 0.15) is 42.2 Å². The van der Waals surface area contributed by atoms with Gasteiger partial charge in [0.05, 0.1) is 0 Å². The second-order valence-electron chi connectivity index (χ2n) is 3.33. The van der Waals surface area contributed by atoms with E-state index < -0.39 is 0 Å². The maximum Gasteiger partial charge on any atom is 0.198 e. The lowest BCUT2D eigenvalue weighted by Crippen LogP contribution is -1.99. The zero-order chi connectivity index (χ0) is 11.3. The number of Topliss-reactive ketones (excluding diaryl/α,β-unsaturated/α-hetero) is 1. The van der Waals surface area contributed by atoms with Crippen LogP contribution in [0.15, 0.2) is 16.5 Å². The molecule has 0 aliphatic rings. The monoisotopic (exact) mass is 212 g/mol. The van der Waals surface area contributed by atoms with Crippen molar-refractivity contribution in [2.75, 3.05) is 13.7 Å². The summed E-state index contributed by atoms with van der Waals surface area (Å²) in [5, 5.41) is 8.59. The van der Waals surface area contributed by atoms with E-state index in [4.69, 9.17) is 14.3 Å². The molecule has 0 aliphatic carbocycles. The van der Waals surface area contributed by atoms with Crippen LogP contribution < -0.4 is 0 Å². The van der Waals surface area contributed by atoms with Gasteiger partial charge in [-0.25, -0.2) is 0 Å². The third-order valence-corrected chi connectivity index (χ3v) is 2.22. The van der Waals surface area contributed by atoms with E-state index in [1.165, 1.54) is 0 Å². The quantitative estimate of drug-likeness (QED) is 0.732.